The monoisotopic (exact) mass is 419 g/mol. The van der Waals surface area contributed by atoms with E-state index in [0.717, 1.165) is 17.8 Å². The van der Waals surface area contributed by atoms with Crippen LogP contribution >= 0.6 is 11.3 Å². The number of fused-ring (bicyclic) bond motifs is 1. The normalized spacial score (nSPS) is 10.9. The molecule has 0 unspecified atom stereocenters. The summed E-state index contributed by atoms with van der Waals surface area (Å²) in [6, 6.07) is 17.4. The molecule has 0 atom stereocenters. The molecule has 152 valence electrons. The molecule has 2 heterocycles. The van der Waals surface area contributed by atoms with Crippen LogP contribution in [-0.2, 0) is 24.2 Å². The maximum atomic E-state index is 12.5. The van der Waals surface area contributed by atoms with E-state index in [2.05, 4.69) is 32.6 Å². The number of aryl methyl sites for hydroxylation is 3. The Kier molecular flexibility index (Phi) is 6.24. The van der Waals surface area contributed by atoms with E-state index in [-0.39, 0.29) is 17.9 Å². The van der Waals surface area contributed by atoms with Crippen LogP contribution in [0.5, 0.6) is 0 Å². The third-order valence-corrected chi connectivity index (χ3v) is 5.62. The quantitative estimate of drug-likeness (QED) is 0.472. The second-order valence-corrected chi connectivity index (χ2v) is 7.96. The van der Waals surface area contributed by atoms with Crippen LogP contribution in [-0.4, -0.2) is 25.7 Å². The predicted octanol–water partition coefficient (Wildman–Crippen LogP) is 3.45. The number of rotatable bonds is 8. The van der Waals surface area contributed by atoms with Gasteiger partial charge in [0.15, 0.2) is 0 Å². The Morgan fingerprint density at radius 1 is 1.00 bits per heavy atom. The van der Waals surface area contributed by atoms with E-state index in [0.29, 0.717) is 29.0 Å². The van der Waals surface area contributed by atoms with Gasteiger partial charge >= 0.3 is 0 Å². The summed E-state index contributed by atoms with van der Waals surface area (Å²) in [5.41, 5.74) is 1.83. The molecule has 0 spiro atoms. The van der Waals surface area contributed by atoms with Gasteiger partial charge < -0.3 is 5.32 Å². The molecular formula is C22H21N5O2S. The molecule has 1 amide bonds. The summed E-state index contributed by atoms with van der Waals surface area (Å²) >= 11 is 1.39. The zero-order chi connectivity index (χ0) is 20.8. The van der Waals surface area contributed by atoms with Gasteiger partial charge in [-0.2, -0.15) is 0 Å². The van der Waals surface area contributed by atoms with Gasteiger partial charge in [-0.15, -0.1) is 10.2 Å². The van der Waals surface area contributed by atoms with Gasteiger partial charge in [0.25, 0.3) is 5.56 Å². The van der Waals surface area contributed by atoms with Crippen LogP contribution in [0.2, 0.25) is 0 Å². The van der Waals surface area contributed by atoms with Crippen molar-refractivity contribution >= 4 is 33.3 Å². The third kappa shape index (κ3) is 4.96. The first-order valence-corrected chi connectivity index (χ1v) is 10.6. The van der Waals surface area contributed by atoms with Gasteiger partial charge in [-0.25, -0.2) is 4.98 Å². The van der Waals surface area contributed by atoms with E-state index in [4.69, 9.17) is 0 Å². The first kappa shape index (κ1) is 19.9. The van der Waals surface area contributed by atoms with Crippen LogP contribution in [0.25, 0.3) is 10.9 Å². The molecule has 7 nitrogen and oxygen atoms in total. The summed E-state index contributed by atoms with van der Waals surface area (Å²) in [4.78, 5) is 29.0. The third-order valence-electron chi connectivity index (χ3n) is 4.72. The first-order valence-electron chi connectivity index (χ1n) is 9.79. The SMILES string of the molecule is O=C(CCCn1cnc2ccccc2c1=O)Nc1nnc(CCc2ccccc2)s1. The lowest BCUT2D eigenvalue weighted by Gasteiger charge is -2.06. The van der Waals surface area contributed by atoms with Gasteiger partial charge in [0.2, 0.25) is 11.0 Å². The standard InChI is InChI=1S/C22H21N5O2S/c28-19(11-6-14-27-15-23-18-10-5-4-9-17(18)21(27)29)24-22-26-25-20(30-22)13-12-16-7-2-1-3-8-16/h1-5,7-10,15H,6,11-14H2,(H,24,26,28). The lowest BCUT2D eigenvalue weighted by molar-refractivity contribution is -0.116. The van der Waals surface area contributed by atoms with Gasteiger partial charge in [0.05, 0.1) is 17.2 Å². The largest absolute Gasteiger partial charge is 0.301 e. The van der Waals surface area contributed by atoms with Crippen molar-refractivity contribution in [3.63, 3.8) is 0 Å². The number of anilines is 1. The van der Waals surface area contributed by atoms with E-state index in [1.54, 1.807) is 10.6 Å². The molecule has 4 aromatic rings. The first-order chi connectivity index (χ1) is 14.7. The fourth-order valence-corrected chi connectivity index (χ4v) is 3.91. The van der Waals surface area contributed by atoms with Crippen molar-refractivity contribution in [3.8, 4) is 0 Å². The Morgan fingerprint density at radius 3 is 2.67 bits per heavy atom. The molecule has 0 radical (unpaired) electrons. The summed E-state index contributed by atoms with van der Waals surface area (Å²) in [6.07, 6.45) is 4.03. The minimum Gasteiger partial charge on any atom is -0.301 e. The summed E-state index contributed by atoms with van der Waals surface area (Å²) in [6.45, 7) is 0.433. The second-order valence-electron chi connectivity index (χ2n) is 6.90. The highest BCUT2D eigenvalue weighted by Gasteiger charge is 2.09. The average molecular weight is 420 g/mol. The Morgan fingerprint density at radius 2 is 1.80 bits per heavy atom. The molecule has 8 heteroatoms. The van der Waals surface area contributed by atoms with Crippen LogP contribution in [0, 0.1) is 0 Å². The van der Waals surface area contributed by atoms with Crippen molar-refractivity contribution in [2.75, 3.05) is 5.32 Å². The van der Waals surface area contributed by atoms with Crippen molar-refractivity contribution in [1.29, 1.82) is 0 Å². The molecule has 0 bridgehead atoms. The Hall–Kier alpha value is -3.39. The molecule has 4 rings (SSSR count). The van der Waals surface area contributed by atoms with Crippen molar-refractivity contribution in [3.05, 3.63) is 81.8 Å². The smallest absolute Gasteiger partial charge is 0.261 e. The summed E-state index contributed by atoms with van der Waals surface area (Å²) < 4.78 is 1.54. The molecule has 1 N–H and O–H groups in total. The fourth-order valence-electron chi connectivity index (χ4n) is 3.16. The predicted molar refractivity (Wildman–Crippen MR) is 118 cm³/mol. The number of nitrogens with zero attached hydrogens (tertiary/aromatic N) is 4. The average Bonchev–Trinajstić information content (AvgIpc) is 3.22. The number of carbonyl (C=O) groups excluding carboxylic acids is 1. The minimum atomic E-state index is -0.137. The Labute approximate surface area is 177 Å². The molecule has 0 fully saturated rings. The van der Waals surface area contributed by atoms with Gasteiger partial charge in [-0.1, -0.05) is 53.8 Å². The van der Waals surface area contributed by atoms with E-state index < -0.39 is 0 Å². The molecule has 2 aromatic carbocycles. The van der Waals surface area contributed by atoms with Crippen LogP contribution in [0.4, 0.5) is 5.13 Å². The number of aromatic nitrogens is 4. The zero-order valence-corrected chi connectivity index (χ0v) is 17.1. The number of benzene rings is 2. The molecule has 0 saturated carbocycles. The highest BCUT2D eigenvalue weighted by atomic mass is 32.1. The summed E-state index contributed by atoms with van der Waals surface area (Å²) in [5, 5.41) is 13.0. The van der Waals surface area contributed by atoms with E-state index in [9.17, 15) is 9.59 Å². The molecule has 0 aliphatic heterocycles. The number of hydrogen-bond acceptors (Lipinski definition) is 6. The van der Waals surface area contributed by atoms with E-state index in [1.807, 2.05) is 36.4 Å². The number of carbonyl (C=O) groups is 1. The number of nitrogens with one attached hydrogen (secondary N) is 1. The lowest BCUT2D eigenvalue weighted by atomic mass is 10.1. The lowest BCUT2D eigenvalue weighted by Crippen LogP contribution is -2.21. The Bertz CT molecular complexity index is 1200. The van der Waals surface area contributed by atoms with Crippen molar-refractivity contribution < 1.29 is 4.79 Å². The fraction of sp³-hybridized carbons (Fsp3) is 0.227. The molecule has 0 aliphatic carbocycles. The summed E-state index contributed by atoms with van der Waals surface area (Å²) in [7, 11) is 0. The molecule has 2 aromatic heterocycles. The zero-order valence-electron chi connectivity index (χ0n) is 16.3. The summed E-state index contributed by atoms with van der Waals surface area (Å²) in [5.74, 6) is -0.137. The molecule has 30 heavy (non-hydrogen) atoms. The van der Waals surface area contributed by atoms with Crippen molar-refractivity contribution in [2.24, 2.45) is 0 Å². The number of amides is 1. The van der Waals surface area contributed by atoms with Crippen LogP contribution in [0.1, 0.15) is 23.4 Å². The topological polar surface area (TPSA) is 89.8 Å². The van der Waals surface area contributed by atoms with Gasteiger partial charge in [-0.3, -0.25) is 14.2 Å². The molecule has 0 aliphatic rings. The van der Waals surface area contributed by atoms with E-state index >= 15 is 0 Å². The maximum Gasteiger partial charge on any atom is 0.261 e. The van der Waals surface area contributed by atoms with Gasteiger partial charge in [0.1, 0.15) is 5.01 Å². The van der Waals surface area contributed by atoms with Crippen molar-refractivity contribution in [1.82, 2.24) is 19.7 Å². The van der Waals surface area contributed by atoms with Crippen LogP contribution < -0.4 is 10.9 Å². The van der Waals surface area contributed by atoms with Crippen molar-refractivity contribution in [2.45, 2.75) is 32.2 Å². The van der Waals surface area contributed by atoms with Gasteiger partial charge in [0, 0.05) is 19.4 Å². The number of para-hydroxylation sites is 1. The second kappa shape index (κ2) is 9.41. The van der Waals surface area contributed by atoms with Crippen LogP contribution in [0.15, 0.2) is 65.7 Å². The maximum absolute atomic E-state index is 12.5. The van der Waals surface area contributed by atoms with Crippen LogP contribution in [0.3, 0.4) is 0 Å². The molecule has 0 saturated heterocycles. The molecular weight excluding hydrogens is 398 g/mol. The minimum absolute atomic E-state index is 0.0896. The number of hydrogen-bond donors (Lipinski definition) is 1. The highest BCUT2D eigenvalue weighted by molar-refractivity contribution is 7.15. The van der Waals surface area contributed by atoms with E-state index in [1.165, 1.54) is 23.2 Å². The highest BCUT2D eigenvalue weighted by Crippen LogP contribution is 2.17. The Balaban J connectivity index is 1.26. The van der Waals surface area contributed by atoms with Gasteiger partial charge in [-0.05, 0) is 30.5 Å².